The molecule has 0 N–H and O–H groups in total. The van der Waals surface area contributed by atoms with Gasteiger partial charge in [-0.3, -0.25) is 4.79 Å². The van der Waals surface area contributed by atoms with Gasteiger partial charge in [0.15, 0.2) is 0 Å². The van der Waals surface area contributed by atoms with Crippen LogP contribution in [0.4, 0.5) is 0 Å². The Morgan fingerprint density at radius 2 is 1.96 bits per heavy atom. The van der Waals surface area contributed by atoms with Crippen molar-refractivity contribution in [3.8, 4) is 0 Å². The van der Waals surface area contributed by atoms with Crippen molar-refractivity contribution in [2.45, 2.75) is 19.3 Å². The van der Waals surface area contributed by atoms with Crippen molar-refractivity contribution in [3.63, 3.8) is 0 Å². The number of hydrogen-bond donors (Lipinski definition) is 0. The van der Waals surface area contributed by atoms with Crippen LogP contribution in [0.1, 0.15) is 29.7 Å². The van der Waals surface area contributed by atoms with Gasteiger partial charge in [0.05, 0.1) is 13.0 Å². The zero-order valence-electron chi connectivity index (χ0n) is 13.0. The number of ether oxygens (including phenoxy) is 1. The van der Waals surface area contributed by atoms with E-state index in [4.69, 9.17) is 20.8 Å². The van der Waals surface area contributed by atoms with Crippen LogP contribution < -0.4 is 0 Å². The van der Waals surface area contributed by atoms with Gasteiger partial charge in [-0.15, -0.1) is 0 Å². The standard InChI is InChI=1S/C19H17ClO3/c1-12(19(21)22-2)18-15-11-14(20)8-9-16(15)23-17(18)10-13-6-4-3-5-7-13/h3-9,11-12H,10H2,1-2H3. The molecule has 0 aliphatic carbocycles. The van der Waals surface area contributed by atoms with Crippen LogP contribution in [0, 0.1) is 0 Å². The molecule has 3 aromatic rings. The number of hydrogen-bond acceptors (Lipinski definition) is 3. The summed E-state index contributed by atoms with van der Waals surface area (Å²) in [5, 5.41) is 1.48. The molecule has 0 aliphatic heterocycles. The number of methoxy groups -OCH3 is 1. The van der Waals surface area contributed by atoms with Crippen molar-refractivity contribution in [1.82, 2.24) is 0 Å². The Morgan fingerprint density at radius 3 is 2.65 bits per heavy atom. The number of furan rings is 1. The first kappa shape index (κ1) is 15.6. The number of rotatable bonds is 4. The molecular weight excluding hydrogens is 312 g/mol. The minimum absolute atomic E-state index is 0.290. The van der Waals surface area contributed by atoms with E-state index in [1.165, 1.54) is 7.11 Å². The molecular formula is C19H17ClO3. The van der Waals surface area contributed by atoms with Gasteiger partial charge < -0.3 is 9.15 Å². The van der Waals surface area contributed by atoms with E-state index in [1.807, 2.05) is 49.4 Å². The first-order valence-corrected chi connectivity index (χ1v) is 7.80. The lowest BCUT2D eigenvalue weighted by Crippen LogP contribution is -2.12. The van der Waals surface area contributed by atoms with Gasteiger partial charge in [0.25, 0.3) is 0 Å². The van der Waals surface area contributed by atoms with Gasteiger partial charge >= 0.3 is 5.97 Å². The highest BCUT2D eigenvalue weighted by Crippen LogP contribution is 2.35. The molecule has 2 aromatic carbocycles. The minimum Gasteiger partial charge on any atom is -0.469 e. The van der Waals surface area contributed by atoms with Crippen LogP contribution in [0.15, 0.2) is 52.9 Å². The number of carbonyl (C=O) groups is 1. The van der Waals surface area contributed by atoms with E-state index < -0.39 is 5.92 Å². The number of halogens is 1. The van der Waals surface area contributed by atoms with E-state index in [0.29, 0.717) is 11.4 Å². The fraction of sp³-hybridized carbons (Fsp3) is 0.211. The highest BCUT2D eigenvalue weighted by molar-refractivity contribution is 6.31. The minimum atomic E-state index is -0.418. The number of fused-ring (bicyclic) bond motifs is 1. The van der Waals surface area contributed by atoms with Gasteiger partial charge in [0.1, 0.15) is 11.3 Å². The van der Waals surface area contributed by atoms with Crippen LogP contribution in [0.3, 0.4) is 0 Å². The van der Waals surface area contributed by atoms with Crippen molar-refractivity contribution in [3.05, 3.63) is 70.4 Å². The normalized spacial score (nSPS) is 12.3. The van der Waals surface area contributed by atoms with Crippen LogP contribution in [0.25, 0.3) is 11.0 Å². The summed E-state index contributed by atoms with van der Waals surface area (Å²) >= 11 is 6.12. The monoisotopic (exact) mass is 328 g/mol. The quantitative estimate of drug-likeness (QED) is 0.636. The molecule has 0 saturated heterocycles. The molecule has 3 rings (SSSR count). The third-order valence-corrected chi connectivity index (χ3v) is 4.20. The van der Waals surface area contributed by atoms with Crippen molar-refractivity contribution in [2.24, 2.45) is 0 Å². The number of benzene rings is 2. The third-order valence-electron chi connectivity index (χ3n) is 3.96. The Labute approximate surface area is 139 Å². The molecule has 0 saturated carbocycles. The molecule has 0 aliphatic rings. The highest BCUT2D eigenvalue weighted by atomic mass is 35.5. The summed E-state index contributed by atoms with van der Waals surface area (Å²) in [6.07, 6.45) is 0.615. The molecule has 0 amide bonds. The smallest absolute Gasteiger partial charge is 0.313 e. The van der Waals surface area contributed by atoms with E-state index in [-0.39, 0.29) is 5.97 Å². The van der Waals surface area contributed by atoms with E-state index in [2.05, 4.69) is 0 Å². The SMILES string of the molecule is COC(=O)C(C)c1c(Cc2ccccc2)oc2ccc(Cl)cc12. The fourth-order valence-corrected chi connectivity index (χ4v) is 2.99. The van der Waals surface area contributed by atoms with Crippen LogP contribution in [-0.4, -0.2) is 13.1 Å². The second-order valence-corrected chi connectivity index (χ2v) is 5.92. The summed E-state index contributed by atoms with van der Waals surface area (Å²) < 4.78 is 10.9. The summed E-state index contributed by atoms with van der Waals surface area (Å²) in [5.41, 5.74) is 2.69. The van der Waals surface area contributed by atoms with Crippen LogP contribution in [0.5, 0.6) is 0 Å². The van der Waals surface area contributed by atoms with Crippen LogP contribution in [0.2, 0.25) is 5.02 Å². The lowest BCUT2D eigenvalue weighted by Gasteiger charge is -2.10. The second-order valence-electron chi connectivity index (χ2n) is 5.49. The van der Waals surface area contributed by atoms with Crippen LogP contribution in [-0.2, 0) is 16.0 Å². The predicted molar refractivity (Wildman–Crippen MR) is 90.9 cm³/mol. The van der Waals surface area contributed by atoms with Gasteiger partial charge in [0, 0.05) is 22.4 Å². The predicted octanol–water partition coefficient (Wildman–Crippen LogP) is 4.95. The molecule has 1 heterocycles. The van der Waals surface area contributed by atoms with Crippen molar-refractivity contribution < 1.29 is 13.9 Å². The summed E-state index contributed by atoms with van der Waals surface area (Å²) in [7, 11) is 1.39. The Kier molecular flexibility index (Phi) is 4.39. The Bertz CT molecular complexity index is 836. The zero-order valence-corrected chi connectivity index (χ0v) is 13.8. The van der Waals surface area contributed by atoms with Crippen molar-refractivity contribution in [1.29, 1.82) is 0 Å². The first-order valence-electron chi connectivity index (χ1n) is 7.42. The molecule has 0 radical (unpaired) electrons. The maximum absolute atomic E-state index is 12.0. The molecule has 4 heteroatoms. The molecule has 23 heavy (non-hydrogen) atoms. The van der Waals surface area contributed by atoms with Gasteiger partial charge in [0.2, 0.25) is 0 Å². The number of esters is 1. The lowest BCUT2D eigenvalue weighted by molar-refractivity contribution is -0.142. The fourth-order valence-electron chi connectivity index (χ4n) is 2.82. The number of carbonyl (C=O) groups excluding carboxylic acids is 1. The molecule has 1 aromatic heterocycles. The largest absolute Gasteiger partial charge is 0.469 e. The lowest BCUT2D eigenvalue weighted by atomic mass is 9.95. The van der Waals surface area contributed by atoms with Crippen LogP contribution >= 0.6 is 11.6 Å². The maximum atomic E-state index is 12.0. The summed E-state index contributed by atoms with van der Waals surface area (Å²) in [5.74, 6) is 0.0618. The van der Waals surface area contributed by atoms with E-state index in [0.717, 1.165) is 27.9 Å². The van der Waals surface area contributed by atoms with Gasteiger partial charge in [-0.25, -0.2) is 0 Å². The highest BCUT2D eigenvalue weighted by Gasteiger charge is 2.25. The Balaban J connectivity index is 2.14. The molecule has 0 bridgehead atoms. The van der Waals surface area contributed by atoms with Gasteiger partial charge in [-0.1, -0.05) is 41.9 Å². The van der Waals surface area contributed by atoms with E-state index in [9.17, 15) is 4.79 Å². The molecule has 3 nitrogen and oxygen atoms in total. The first-order chi connectivity index (χ1) is 11.1. The molecule has 1 atom stereocenters. The average molecular weight is 329 g/mol. The zero-order chi connectivity index (χ0) is 16.4. The summed E-state index contributed by atoms with van der Waals surface area (Å²) in [6, 6.07) is 15.5. The Morgan fingerprint density at radius 1 is 1.22 bits per heavy atom. The molecule has 118 valence electrons. The second kappa shape index (κ2) is 6.47. The van der Waals surface area contributed by atoms with Gasteiger partial charge in [-0.05, 0) is 30.7 Å². The van der Waals surface area contributed by atoms with E-state index in [1.54, 1.807) is 6.07 Å². The maximum Gasteiger partial charge on any atom is 0.313 e. The van der Waals surface area contributed by atoms with Crippen molar-refractivity contribution in [2.75, 3.05) is 7.11 Å². The molecule has 1 unspecified atom stereocenters. The third kappa shape index (κ3) is 3.10. The molecule has 0 fully saturated rings. The summed E-state index contributed by atoms with van der Waals surface area (Å²) in [6.45, 7) is 1.82. The topological polar surface area (TPSA) is 39.4 Å². The Hall–Kier alpha value is -2.26. The van der Waals surface area contributed by atoms with Crippen molar-refractivity contribution >= 4 is 28.5 Å². The summed E-state index contributed by atoms with van der Waals surface area (Å²) in [4.78, 5) is 12.0. The van der Waals surface area contributed by atoms with Gasteiger partial charge in [-0.2, -0.15) is 0 Å². The average Bonchev–Trinajstić information content (AvgIpc) is 2.91. The van der Waals surface area contributed by atoms with E-state index >= 15 is 0 Å². The molecule has 0 spiro atoms.